The zero-order chi connectivity index (χ0) is 17.2. The molecule has 0 spiro atoms. The van der Waals surface area contributed by atoms with E-state index >= 15 is 0 Å². The van der Waals surface area contributed by atoms with Gasteiger partial charge in [0.15, 0.2) is 5.96 Å². The van der Waals surface area contributed by atoms with E-state index in [1.54, 1.807) is 0 Å². The van der Waals surface area contributed by atoms with Crippen LogP contribution in [0.3, 0.4) is 0 Å². The Hall–Kier alpha value is -0.820. The van der Waals surface area contributed by atoms with E-state index in [-0.39, 0.29) is 24.0 Å². The van der Waals surface area contributed by atoms with E-state index in [2.05, 4.69) is 53.3 Å². The molecule has 1 aromatic rings. The molecule has 1 aromatic carbocycles. The van der Waals surface area contributed by atoms with Gasteiger partial charge in [0.2, 0.25) is 0 Å². The molecule has 142 valence electrons. The van der Waals surface area contributed by atoms with Gasteiger partial charge in [0.1, 0.15) is 0 Å². The van der Waals surface area contributed by atoms with Crippen molar-refractivity contribution in [3.63, 3.8) is 0 Å². The Morgan fingerprint density at radius 2 is 2.00 bits per heavy atom. The smallest absolute Gasteiger partial charge is 0.193 e. The summed E-state index contributed by atoms with van der Waals surface area (Å²) in [6.45, 7) is 9.18. The standard InChI is InChI=1S/C20H33N3O.HI/c1-4-17(5-2)13-22-20(21-3)23-12-11-19(14-23)16-24-15-18-9-7-6-8-10-18;/h6-10,17,19H,4-5,11-16H2,1-3H3,(H,21,22);1H. The quantitative estimate of drug-likeness (QED) is 0.361. The van der Waals surface area contributed by atoms with Gasteiger partial charge in [-0.1, -0.05) is 57.0 Å². The third-order valence-corrected chi connectivity index (χ3v) is 4.97. The summed E-state index contributed by atoms with van der Waals surface area (Å²) in [5, 5.41) is 3.55. The summed E-state index contributed by atoms with van der Waals surface area (Å²) in [6, 6.07) is 10.4. The van der Waals surface area contributed by atoms with Crippen LogP contribution in [-0.4, -0.2) is 44.1 Å². The minimum Gasteiger partial charge on any atom is -0.376 e. The molecule has 0 aromatic heterocycles. The molecule has 0 saturated carbocycles. The van der Waals surface area contributed by atoms with E-state index in [4.69, 9.17) is 4.74 Å². The second-order valence-electron chi connectivity index (χ2n) is 6.71. The Bertz CT molecular complexity index is 491. The summed E-state index contributed by atoms with van der Waals surface area (Å²) in [5.41, 5.74) is 1.25. The topological polar surface area (TPSA) is 36.9 Å². The molecule has 0 radical (unpaired) electrons. The van der Waals surface area contributed by atoms with Crippen molar-refractivity contribution in [2.24, 2.45) is 16.8 Å². The fraction of sp³-hybridized carbons (Fsp3) is 0.650. The zero-order valence-corrected chi connectivity index (χ0v) is 18.2. The SMILES string of the molecule is CCC(CC)CNC(=NC)N1CCC(COCc2ccccc2)C1.I. The minimum atomic E-state index is 0. The number of nitrogens with zero attached hydrogens (tertiary/aromatic N) is 2. The van der Waals surface area contributed by atoms with E-state index in [1.165, 1.54) is 24.8 Å². The molecule has 1 saturated heterocycles. The molecule has 4 nitrogen and oxygen atoms in total. The van der Waals surface area contributed by atoms with Crippen molar-refractivity contribution in [3.8, 4) is 0 Å². The van der Waals surface area contributed by atoms with Gasteiger partial charge in [-0.25, -0.2) is 0 Å². The number of hydrogen-bond donors (Lipinski definition) is 1. The molecule has 1 aliphatic rings. The first-order valence-corrected chi connectivity index (χ1v) is 9.34. The van der Waals surface area contributed by atoms with Gasteiger partial charge in [-0.2, -0.15) is 0 Å². The normalized spacial score (nSPS) is 17.7. The molecule has 5 heteroatoms. The molecule has 0 aliphatic carbocycles. The average molecular weight is 459 g/mol. The number of rotatable bonds is 8. The van der Waals surface area contributed by atoms with Gasteiger partial charge in [0.25, 0.3) is 0 Å². The summed E-state index contributed by atoms with van der Waals surface area (Å²) >= 11 is 0. The maximum absolute atomic E-state index is 5.91. The van der Waals surface area contributed by atoms with Gasteiger partial charge < -0.3 is 15.0 Å². The number of nitrogens with one attached hydrogen (secondary N) is 1. The van der Waals surface area contributed by atoms with Gasteiger partial charge >= 0.3 is 0 Å². The highest BCUT2D eigenvalue weighted by atomic mass is 127. The number of aliphatic imine (C=N–C) groups is 1. The number of hydrogen-bond acceptors (Lipinski definition) is 2. The predicted molar refractivity (Wildman–Crippen MR) is 117 cm³/mol. The van der Waals surface area contributed by atoms with Crippen molar-refractivity contribution in [1.29, 1.82) is 0 Å². The molecule has 1 N–H and O–H groups in total. The van der Waals surface area contributed by atoms with Gasteiger partial charge in [-0.05, 0) is 17.9 Å². The Morgan fingerprint density at radius 1 is 1.28 bits per heavy atom. The average Bonchev–Trinajstić information content (AvgIpc) is 3.08. The molecule has 0 amide bonds. The summed E-state index contributed by atoms with van der Waals surface area (Å²) < 4.78 is 5.91. The van der Waals surface area contributed by atoms with E-state index in [9.17, 15) is 0 Å². The lowest BCUT2D eigenvalue weighted by molar-refractivity contribution is 0.0906. The zero-order valence-electron chi connectivity index (χ0n) is 15.9. The van der Waals surface area contributed by atoms with Gasteiger partial charge in [0.05, 0.1) is 13.2 Å². The summed E-state index contributed by atoms with van der Waals surface area (Å²) in [7, 11) is 1.88. The van der Waals surface area contributed by atoms with Crippen LogP contribution in [0, 0.1) is 11.8 Å². The van der Waals surface area contributed by atoms with Gasteiger partial charge in [-0.3, -0.25) is 4.99 Å². The Balaban J connectivity index is 0.00000312. The molecular formula is C20H34IN3O. The van der Waals surface area contributed by atoms with Crippen LogP contribution < -0.4 is 5.32 Å². The van der Waals surface area contributed by atoms with Gasteiger partial charge in [0, 0.05) is 32.6 Å². The first-order chi connectivity index (χ1) is 11.8. The summed E-state index contributed by atoms with van der Waals surface area (Å²) in [5.74, 6) is 2.38. The van der Waals surface area contributed by atoms with E-state index in [0.29, 0.717) is 12.5 Å². The third-order valence-electron chi connectivity index (χ3n) is 4.97. The fourth-order valence-electron chi connectivity index (χ4n) is 3.22. The third kappa shape index (κ3) is 7.52. The molecule has 2 rings (SSSR count). The van der Waals surface area contributed by atoms with E-state index < -0.39 is 0 Å². The molecule has 0 bridgehead atoms. The van der Waals surface area contributed by atoms with Crippen LogP contribution in [0.4, 0.5) is 0 Å². The van der Waals surface area contributed by atoms with Crippen molar-refractivity contribution < 1.29 is 4.74 Å². The maximum atomic E-state index is 5.91. The summed E-state index contributed by atoms with van der Waals surface area (Å²) in [6.07, 6.45) is 3.62. The Morgan fingerprint density at radius 3 is 2.64 bits per heavy atom. The van der Waals surface area contributed by atoms with Crippen LogP contribution in [0.5, 0.6) is 0 Å². The molecule has 25 heavy (non-hydrogen) atoms. The second kappa shape index (κ2) is 12.5. The molecule has 1 heterocycles. The van der Waals surface area contributed by atoms with E-state index in [1.807, 2.05) is 13.1 Å². The lowest BCUT2D eigenvalue weighted by atomic mass is 10.0. The van der Waals surface area contributed by atoms with Gasteiger partial charge in [-0.15, -0.1) is 24.0 Å². The van der Waals surface area contributed by atoms with Crippen LogP contribution in [-0.2, 0) is 11.3 Å². The minimum absolute atomic E-state index is 0. The first kappa shape index (κ1) is 22.2. The number of benzene rings is 1. The Labute approximate surface area is 170 Å². The number of likely N-dealkylation sites (tertiary alicyclic amines) is 1. The Kier molecular flexibility index (Phi) is 11.1. The molecular weight excluding hydrogens is 425 g/mol. The first-order valence-electron chi connectivity index (χ1n) is 9.34. The lowest BCUT2D eigenvalue weighted by Crippen LogP contribution is -2.42. The molecule has 1 atom stereocenters. The molecule has 1 aliphatic heterocycles. The van der Waals surface area contributed by atoms with Crippen molar-refractivity contribution in [2.45, 2.75) is 39.7 Å². The van der Waals surface area contributed by atoms with Crippen molar-refractivity contribution >= 4 is 29.9 Å². The van der Waals surface area contributed by atoms with E-state index in [0.717, 1.165) is 38.1 Å². The highest BCUT2D eigenvalue weighted by Gasteiger charge is 2.25. The lowest BCUT2D eigenvalue weighted by Gasteiger charge is -2.23. The molecule has 1 fully saturated rings. The van der Waals surface area contributed by atoms with Crippen LogP contribution in [0.25, 0.3) is 0 Å². The van der Waals surface area contributed by atoms with Crippen molar-refractivity contribution in [1.82, 2.24) is 10.2 Å². The van der Waals surface area contributed by atoms with Crippen molar-refractivity contribution in [3.05, 3.63) is 35.9 Å². The second-order valence-corrected chi connectivity index (χ2v) is 6.71. The number of guanidine groups is 1. The number of halogens is 1. The fourth-order valence-corrected chi connectivity index (χ4v) is 3.22. The van der Waals surface area contributed by atoms with Crippen LogP contribution >= 0.6 is 24.0 Å². The highest BCUT2D eigenvalue weighted by molar-refractivity contribution is 14.0. The number of ether oxygens (including phenoxy) is 1. The van der Waals surface area contributed by atoms with Crippen LogP contribution in [0.1, 0.15) is 38.7 Å². The largest absolute Gasteiger partial charge is 0.376 e. The predicted octanol–water partition coefficient (Wildman–Crippen LogP) is 4.15. The van der Waals surface area contributed by atoms with Crippen molar-refractivity contribution in [2.75, 3.05) is 33.3 Å². The highest BCUT2D eigenvalue weighted by Crippen LogP contribution is 2.17. The molecule has 1 unspecified atom stereocenters. The van der Waals surface area contributed by atoms with Crippen LogP contribution in [0.2, 0.25) is 0 Å². The van der Waals surface area contributed by atoms with Crippen LogP contribution in [0.15, 0.2) is 35.3 Å². The summed E-state index contributed by atoms with van der Waals surface area (Å²) in [4.78, 5) is 6.84. The maximum Gasteiger partial charge on any atom is 0.193 e. The monoisotopic (exact) mass is 459 g/mol.